The maximum Gasteiger partial charge on any atom is 0.197 e. The smallest absolute Gasteiger partial charge is 0.197 e. The van der Waals surface area contributed by atoms with Crippen LogP contribution in [-0.4, -0.2) is 10.8 Å². The average molecular weight is 280 g/mol. The SMILES string of the molecule is O=C(C=CNc1cccc2cccnc12)c1cccs1. The van der Waals surface area contributed by atoms with E-state index in [4.69, 9.17) is 0 Å². The first-order valence-electron chi connectivity index (χ1n) is 6.19. The molecular formula is C16H12N2OS. The summed E-state index contributed by atoms with van der Waals surface area (Å²) in [5.74, 6) is 0.000644. The van der Waals surface area contributed by atoms with Gasteiger partial charge in [0, 0.05) is 23.9 Å². The number of ketones is 1. The highest BCUT2D eigenvalue weighted by Crippen LogP contribution is 2.20. The Hall–Kier alpha value is -2.46. The van der Waals surface area contributed by atoms with Gasteiger partial charge in [-0.05, 0) is 23.6 Å². The number of rotatable bonds is 4. The highest BCUT2D eigenvalue weighted by molar-refractivity contribution is 7.12. The molecule has 1 N–H and O–H groups in total. The molecule has 98 valence electrons. The third-order valence-corrected chi connectivity index (χ3v) is 3.75. The largest absolute Gasteiger partial charge is 0.360 e. The van der Waals surface area contributed by atoms with Gasteiger partial charge < -0.3 is 5.32 Å². The van der Waals surface area contributed by atoms with E-state index >= 15 is 0 Å². The normalized spacial score (nSPS) is 11.0. The van der Waals surface area contributed by atoms with Gasteiger partial charge in [-0.15, -0.1) is 11.3 Å². The molecule has 2 aromatic heterocycles. The number of carbonyl (C=O) groups is 1. The summed E-state index contributed by atoms with van der Waals surface area (Å²) in [5, 5.41) is 6.08. The molecular weight excluding hydrogens is 268 g/mol. The predicted octanol–water partition coefficient (Wildman–Crippen LogP) is 4.10. The maximum atomic E-state index is 11.8. The minimum Gasteiger partial charge on any atom is -0.360 e. The van der Waals surface area contributed by atoms with Crippen molar-refractivity contribution in [3.8, 4) is 0 Å². The monoisotopic (exact) mass is 280 g/mol. The van der Waals surface area contributed by atoms with Gasteiger partial charge in [0.2, 0.25) is 0 Å². The van der Waals surface area contributed by atoms with E-state index in [0.717, 1.165) is 21.5 Å². The number of anilines is 1. The average Bonchev–Trinajstić information content (AvgIpc) is 3.02. The number of para-hydroxylation sites is 1. The number of hydrogen-bond donors (Lipinski definition) is 1. The first-order valence-corrected chi connectivity index (χ1v) is 7.07. The van der Waals surface area contributed by atoms with Crippen LogP contribution in [0.2, 0.25) is 0 Å². The van der Waals surface area contributed by atoms with Crippen molar-refractivity contribution in [2.75, 3.05) is 5.32 Å². The third kappa shape index (κ3) is 2.60. The summed E-state index contributed by atoms with van der Waals surface area (Å²) in [6, 6.07) is 13.5. The molecule has 20 heavy (non-hydrogen) atoms. The van der Waals surface area contributed by atoms with Crippen LogP contribution in [0.4, 0.5) is 5.69 Å². The molecule has 0 aliphatic heterocycles. The van der Waals surface area contributed by atoms with Crippen LogP contribution in [-0.2, 0) is 0 Å². The second kappa shape index (κ2) is 5.67. The second-order valence-corrected chi connectivity index (χ2v) is 5.15. The fourth-order valence-corrected chi connectivity index (χ4v) is 2.57. The molecule has 0 aliphatic rings. The number of hydrogen-bond acceptors (Lipinski definition) is 4. The Bertz CT molecular complexity index is 758. The zero-order chi connectivity index (χ0) is 13.8. The van der Waals surface area contributed by atoms with Crippen LogP contribution in [0.5, 0.6) is 0 Å². The van der Waals surface area contributed by atoms with Gasteiger partial charge in [-0.25, -0.2) is 0 Å². The second-order valence-electron chi connectivity index (χ2n) is 4.20. The van der Waals surface area contributed by atoms with Gasteiger partial charge in [0.15, 0.2) is 5.78 Å². The van der Waals surface area contributed by atoms with E-state index in [1.807, 2.05) is 47.8 Å². The molecule has 0 bridgehead atoms. The van der Waals surface area contributed by atoms with Crippen LogP contribution in [0.15, 0.2) is 66.3 Å². The van der Waals surface area contributed by atoms with Crippen LogP contribution in [0, 0.1) is 0 Å². The van der Waals surface area contributed by atoms with Gasteiger partial charge >= 0.3 is 0 Å². The van der Waals surface area contributed by atoms with E-state index in [1.54, 1.807) is 12.4 Å². The Morgan fingerprint density at radius 1 is 1.15 bits per heavy atom. The molecule has 0 radical (unpaired) electrons. The molecule has 0 atom stereocenters. The van der Waals surface area contributed by atoms with E-state index in [-0.39, 0.29) is 5.78 Å². The minimum atomic E-state index is 0.000644. The molecule has 0 unspecified atom stereocenters. The van der Waals surface area contributed by atoms with Gasteiger partial charge in [0.1, 0.15) is 0 Å². The van der Waals surface area contributed by atoms with Crippen molar-refractivity contribution in [2.24, 2.45) is 0 Å². The van der Waals surface area contributed by atoms with Gasteiger partial charge in [0.25, 0.3) is 0 Å². The molecule has 2 heterocycles. The molecule has 4 heteroatoms. The molecule has 0 amide bonds. The number of benzene rings is 1. The first-order chi connectivity index (χ1) is 9.84. The number of nitrogens with one attached hydrogen (secondary N) is 1. The number of allylic oxidation sites excluding steroid dienone is 1. The number of fused-ring (bicyclic) bond motifs is 1. The fraction of sp³-hybridized carbons (Fsp3) is 0. The highest BCUT2D eigenvalue weighted by atomic mass is 32.1. The lowest BCUT2D eigenvalue weighted by Gasteiger charge is -2.04. The Labute approximate surface area is 120 Å². The van der Waals surface area contributed by atoms with Gasteiger partial charge in [-0.1, -0.05) is 24.3 Å². The van der Waals surface area contributed by atoms with Crippen molar-refractivity contribution in [1.82, 2.24) is 4.98 Å². The lowest BCUT2D eigenvalue weighted by atomic mass is 10.2. The number of carbonyl (C=O) groups excluding carboxylic acids is 1. The van der Waals surface area contributed by atoms with E-state index in [9.17, 15) is 4.79 Å². The first kappa shape index (κ1) is 12.6. The summed E-state index contributed by atoms with van der Waals surface area (Å²) in [7, 11) is 0. The van der Waals surface area contributed by atoms with Crippen molar-refractivity contribution in [3.63, 3.8) is 0 Å². The number of thiophene rings is 1. The lowest BCUT2D eigenvalue weighted by Crippen LogP contribution is -1.94. The van der Waals surface area contributed by atoms with Crippen LogP contribution in [0.3, 0.4) is 0 Å². The topological polar surface area (TPSA) is 42.0 Å². The van der Waals surface area contributed by atoms with Crippen molar-refractivity contribution in [2.45, 2.75) is 0 Å². The van der Waals surface area contributed by atoms with E-state index < -0.39 is 0 Å². The molecule has 0 saturated carbocycles. The Morgan fingerprint density at radius 2 is 2.05 bits per heavy atom. The molecule has 3 aromatic rings. The third-order valence-electron chi connectivity index (χ3n) is 2.87. The molecule has 3 nitrogen and oxygen atoms in total. The Kier molecular flexibility index (Phi) is 3.56. The van der Waals surface area contributed by atoms with Crippen molar-refractivity contribution in [1.29, 1.82) is 0 Å². The maximum absolute atomic E-state index is 11.8. The quantitative estimate of drug-likeness (QED) is 0.578. The number of pyridine rings is 1. The zero-order valence-corrected chi connectivity index (χ0v) is 11.4. The number of aromatic nitrogens is 1. The fourth-order valence-electron chi connectivity index (χ4n) is 1.93. The van der Waals surface area contributed by atoms with Gasteiger partial charge in [-0.2, -0.15) is 0 Å². The molecule has 0 fully saturated rings. The van der Waals surface area contributed by atoms with Gasteiger partial charge in [0.05, 0.1) is 16.1 Å². The summed E-state index contributed by atoms with van der Waals surface area (Å²) < 4.78 is 0. The minimum absolute atomic E-state index is 0.000644. The van der Waals surface area contributed by atoms with Crippen LogP contribution in [0.1, 0.15) is 9.67 Å². The highest BCUT2D eigenvalue weighted by Gasteiger charge is 2.02. The Balaban J connectivity index is 1.79. The Morgan fingerprint density at radius 3 is 2.90 bits per heavy atom. The van der Waals surface area contributed by atoms with E-state index in [1.165, 1.54) is 17.4 Å². The standard InChI is InChI=1S/C16H12N2OS/c19-14(15-7-3-11-20-15)8-10-17-13-6-1-4-12-5-2-9-18-16(12)13/h1-11,17H. The van der Waals surface area contributed by atoms with E-state index in [2.05, 4.69) is 10.3 Å². The van der Waals surface area contributed by atoms with Gasteiger partial charge in [-0.3, -0.25) is 9.78 Å². The van der Waals surface area contributed by atoms with Crippen LogP contribution >= 0.6 is 11.3 Å². The summed E-state index contributed by atoms with van der Waals surface area (Å²) in [4.78, 5) is 16.9. The summed E-state index contributed by atoms with van der Waals surface area (Å²) in [6.07, 6.45) is 4.95. The molecule has 0 aliphatic carbocycles. The number of nitrogens with zero attached hydrogens (tertiary/aromatic N) is 1. The molecule has 1 aromatic carbocycles. The summed E-state index contributed by atoms with van der Waals surface area (Å²) in [5.41, 5.74) is 1.78. The lowest BCUT2D eigenvalue weighted by molar-refractivity contribution is 0.105. The van der Waals surface area contributed by atoms with E-state index in [0.29, 0.717) is 0 Å². The van der Waals surface area contributed by atoms with Crippen LogP contribution in [0.25, 0.3) is 10.9 Å². The molecule has 3 rings (SSSR count). The van der Waals surface area contributed by atoms with Crippen molar-refractivity contribution in [3.05, 3.63) is 71.2 Å². The van der Waals surface area contributed by atoms with Crippen molar-refractivity contribution < 1.29 is 4.79 Å². The predicted molar refractivity (Wildman–Crippen MR) is 83.2 cm³/mol. The summed E-state index contributed by atoms with van der Waals surface area (Å²) >= 11 is 1.44. The van der Waals surface area contributed by atoms with Crippen LogP contribution < -0.4 is 5.32 Å². The molecule has 0 spiro atoms. The zero-order valence-electron chi connectivity index (χ0n) is 10.6. The molecule has 0 saturated heterocycles. The van der Waals surface area contributed by atoms with Crippen molar-refractivity contribution >= 4 is 33.7 Å². The summed E-state index contributed by atoms with van der Waals surface area (Å²) in [6.45, 7) is 0.